The molecule has 0 aromatic carbocycles. The Balaban J connectivity index is 2.16. The van der Waals surface area contributed by atoms with Gasteiger partial charge in [-0.05, 0) is 73.5 Å². The molecule has 0 aromatic rings. The number of hydrogen-bond donors (Lipinski definition) is 2. The summed E-state index contributed by atoms with van der Waals surface area (Å²) in [7, 11) is 0. The van der Waals surface area contributed by atoms with Crippen molar-refractivity contribution < 1.29 is 19.8 Å². The fraction of sp³-hybridized carbons (Fsp3) is 0.900. The van der Waals surface area contributed by atoms with Crippen LogP contribution in [0.5, 0.6) is 0 Å². The summed E-state index contributed by atoms with van der Waals surface area (Å²) in [4.78, 5) is 22.1. The van der Waals surface area contributed by atoms with E-state index in [1.165, 1.54) is 12.8 Å². The molecule has 0 amide bonds. The molecule has 0 aliphatic heterocycles. The zero-order valence-corrected chi connectivity index (χ0v) is 15.6. The molecule has 2 N–H and O–H groups in total. The van der Waals surface area contributed by atoms with Gasteiger partial charge < -0.3 is 10.2 Å². The summed E-state index contributed by atoms with van der Waals surface area (Å²) in [6, 6.07) is 0. The minimum atomic E-state index is -0.692. The number of carboxylic acid groups (broad SMARTS) is 2. The normalized spacial score (nSPS) is 38.7. The highest BCUT2D eigenvalue weighted by atomic mass is 16.4. The molecule has 0 spiro atoms. The molecule has 2 fully saturated rings. The number of fused-ring (bicyclic) bond motifs is 2. The van der Waals surface area contributed by atoms with E-state index in [1.54, 1.807) is 0 Å². The van der Waals surface area contributed by atoms with Crippen molar-refractivity contribution in [3.63, 3.8) is 0 Å². The first kappa shape index (κ1) is 19.3. The second-order valence-electron chi connectivity index (χ2n) is 9.49. The number of carbonyl (C=O) groups is 2. The van der Waals surface area contributed by atoms with Gasteiger partial charge in [0.2, 0.25) is 0 Å². The van der Waals surface area contributed by atoms with Crippen LogP contribution in [0.15, 0.2) is 0 Å². The first-order valence-electron chi connectivity index (χ1n) is 9.53. The monoisotopic (exact) mass is 338 g/mol. The topological polar surface area (TPSA) is 74.6 Å². The lowest BCUT2D eigenvalue weighted by atomic mass is 9.47. The summed E-state index contributed by atoms with van der Waals surface area (Å²) >= 11 is 0. The van der Waals surface area contributed by atoms with E-state index in [-0.39, 0.29) is 29.1 Å². The van der Waals surface area contributed by atoms with Gasteiger partial charge in [-0.2, -0.15) is 0 Å². The molecule has 0 radical (unpaired) electrons. The van der Waals surface area contributed by atoms with Crippen LogP contribution in [-0.2, 0) is 9.59 Å². The van der Waals surface area contributed by atoms with E-state index >= 15 is 0 Å². The Morgan fingerprint density at radius 3 is 1.71 bits per heavy atom. The molecule has 0 saturated heterocycles. The van der Waals surface area contributed by atoms with E-state index < -0.39 is 11.9 Å². The van der Waals surface area contributed by atoms with E-state index in [0.717, 1.165) is 44.9 Å². The van der Waals surface area contributed by atoms with Gasteiger partial charge >= 0.3 is 11.9 Å². The SMILES string of the molecule is CCCC12CC(CC(C)(CCC(=O)O)C1)CC(C)(CCC(=O)O)C2. The molecule has 2 unspecified atom stereocenters. The fourth-order valence-corrected chi connectivity index (χ4v) is 6.39. The van der Waals surface area contributed by atoms with Crippen molar-refractivity contribution in [1.29, 1.82) is 0 Å². The third kappa shape index (κ3) is 4.73. The van der Waals surface area contributed by atoms with Crippen LogP contribution < -0.4 is 0 Å². The maximum Gasteiger partial charge on any atom is 0.303 e. The highest BCUT2D eigenvalue weighted by Crippen LogP contribution is 2.63. The van der Waals surface area contributed by atoms with Gasteiger partial charge in [0.1, 0.15) is 0 Å². The molecule has 2 saturated carbocycles. The second-order valence-corrected chi connectivity index (χ2v) is 9.49. The van der Waals surface area contributed by atoms with E-state index in [9.17, 15) is 9.59 Å². The first-order valence-corrected chi connectivity index (χ1v) is 9.53. The Bertz CT molecular complexity index is 450. The van der Waals surface area contributed by atoms with Crippen LogP contribution in [0, 0.1) is 22.2 Å². The molecule has 24 heavy (non-hydrogen) atoms. The maximum absolute atomic E-state index is 11.0. The van der Waals surface area contributed by atoms with Crippen LogP contribution in [0.3, 0.4) is 0 Å². The van der Waals surface area contributed by atoms with Crippen LogP contribution in [0.1, 0.15) is 91.4 Å². The van der Waals surface area contributed by atoms with Crippen molar-refractivity contribution in [1.82, 2.24) is 0 Å². The molecule has 4 heteroatoms. The lowest BCUT2D eigenvalue weighted by Gasteiger charge is -2.58. The van der Waals surface area contributed by atoms with Crippen molar-refractivity contribution in [3.8, 4) is 0 Å². The molecule has 0 aromatic heterocycles. The van der Waals surface area contributed by atoms with E-state index in [1.807, 2.05) is 0 Å². The maximum atomic E-state index is 11.0. The third-order valence-electron chi connectivity index (χ3n) is 6.55. The van der Waals surface area contributed by atoms with E-state index in [4.69, 9.17) is 10.2 Å². The van der Waals surface area contributed by atoms with E-state index in [0.29, 0.717) is 5.92 Å². The van der Waals surface area contributed by atoms with Gasteiger partial charge in [-0.15, -0.1) is 0 Å². The Labute approximate surface area is 146 Å². The van der Waals surface area contributed by atoms with Crippen molar-refractivity contribution >= 4 is 11.9 Å². The number of aliphatic carboxylic acids is 2. The van der Waals surface area contributed by atoms with E-state index in [2.05, 4.69) is 20.8 Å². The molecule has 2 aliphatic rings. The lowest BCUT2D eigenvalue weighted by molar-refractivity contribution is -0.139. The largest absolute Gasteiger partial charge is 0.481 e. The van der Waals surface area contributed by atoms with Crippen LogP contribution in [0.25, 0.3) is 0 Å². The van der Waals surface area contributed by atoms with Crippen LogP contribution in [0.4, 0.5) is 0 Å². The summed E-state index contributed by atoms with van der Waals surface area (Å²) in [6.45, 7) is 6.80. The zero-order chi connectivity index (χ0) is 18.0. The minimum Gasteiger partial charge on any atom is -0.481 e. The fourth-order valence-electron chi connectivity index (χ4n) is 6.39. The molecule has 2 rings (SSSR count). The minimum absolute atomic E-state index is 0.130. The van der Waals surface area contributed by atoms with Crippen LogP contribution in [-0.4, -0.2) is 22.2 Å². The summed E-state index contributed by atoms with van der Waals surface area (Å²) < 4.78 is 0. The van der Waals surface area contributed by atoms with Gasteiger partial charge in [-0.3, -0.25) is 9.59 Å². The van der Waals surface area contributed by atoms with Gasteiger partial charge in [-0.25, -0.2) is 0 Å². The van der Waals surface area contributed by atoms with Gasteiger partial charge in [0.05, 0.1) is 0 Å². The smallest absolute Gasteiger partial charge is 0.303 e. The number of hydrogen-bond acceptors (Lipinski definition) is 2. The van der Waals surface area contributed by atoms with Crippen LogP contribution >= 0.6 is 0 Å². The summed E-state index contributed by atoms with van der Waals surface area (Å²) in [5.41, 5.74) is 0.547. The standard InChI is InChI=1S/C20H34O4/c1-4-7-20-12-15(10-18(2,13-20)8-5-16(21)22)11-19(3,14-20)9-6-17(23)24/h15H,4-14H2,1-3H3,(H,21,22)(H,23,24). The average molecular weight is 338 g/mol. The van der Waals surface area contributed by atoms with Gasteiger partial charge in [0.25, 0.3) is 0 Å². The van der Waals surface area contributed by atoms with Gasteiger partial charge in [0.15, 0.2) is 0 Å². The predicted molar refractivity (Wildman–Crippen MR) is 93.9 cm³/mol. The first-order chi connectivity index (χ1) is 11.1. The Morgan fingerprint density at radius 1 is 0.875 bits per heavy atom. The molecule has 2 atom stereocenters. The molecular weight excluding hydrogens is 304 g/mol. The van der Waals surface area contributed by atoms with Crippen LogP contribution in [0.2, 0.25) is 0 Å². The van der Waals surface area contributed by atoms with Crippen molar-refractivity contribution in [2.24, 2.45) is 22.2 Å². The molecule has 2 aliphatic carbocycles. The van der Waals surface area contributed by atoms with Gasteiger partial charge in [-0.1, -0.05) is 27.2 Å². The summed E-state index contributed by atoms with van der Waals surface area (Å²) in [5.74, 6) is -0.762. The van der Waals surface area contributed by atoms with Crippen molar-refractivity contribution in [3.05, 3.63) is 0 Å². The Hall–Kier alpha value is -1.06. The Kier molecular flexibility index (Phi) is 5.66. The molecule has 138 valence electrons. The number of rotatable bonds is 8. The zero-order valence-electron chi connectivity index (χ0n) is 15.6. The summed E-state index contributed by atoms with van der Waals surface area (Å²) in [5, 5.41) is 18.2. The number of carboxylic acids is 2. The molecule has 4 nitrogen and oxygen atoms in total. The quantitative estimate of drug-likeness (QED) is 0.645. The second kappa shape index (κ2) is 7.05. The third-order valence-corrected chi connectivity index (χ3v) is 6.55. The van der Waals surface area contributed by atoms with Gasteiger partial charge in [0, 0.05) is 12.8 Å². The highest BCUT2D eigenvalue weighted by molar-refractivity contribution is 5.67. The average Bonchev–Trinajstić information content (AvgIpc) is 2.42. The van der Waals surface area contributed by atoms with Crippen molar-refractivity contribution in [2.45, 2.75) is 91.4 Å². The molecular formula is C20H34O4. The Morgan fingerprint density at radius 2 is 1.33 bits per heavy atom. The van der Waals surface area contributed by atoms with Crippen molar-refractivity contribution in [2.75, 3.05) is 0 Å². The molecule has 0 heterocycles. The lowest BCUT2D eigenvalue weighted by Crippen LogP contribution is -2.47. The summed E-state index contributed by atoms with van der Waals surface area (Å²) in [6.07, 6.45) is 10.1. The predicted octanol–water partition coefficient (Wildman–Crippen LogP) is 5.11. The highest BCUT2D eigenvalue weighted by Gasteiger charge is 2.52. The molecule has 2 bridgehead atoms.